The lowest BCUT2D eigenvalue weighted by molar-refractivity contribution is -0.124. The Kier molecular flexibility index (Phi) is 4.25. The Hall–Kier alpha value is -1.49. The molecule has 0 radical (unpaired) electrons. The Labute approximate surface area is 105 Å². The van der Waals surface area contributed by atoms with Crippen LogP contribution in [0.4, 0.5) is 8.78 Å². The summed E-state index contributed by atoms with van der Waals surface area (Å²) in [5.74, 6) is -1.13. The van der Waals surface area contributed by atoms with Crippen molar-refractivity contribution in [3.63, 3.8) is 0 Å². The van der Waals surface area contributed by atoms with Gasteiger partial charge >= 0.3 is 0 Å². The van der Waals surface area contributed by atoms with Crippen LogP contribution < -0.4 is 10.6 Å². The molecule has 1 heterocycles. The largest absolute Gasteiger partial charge is 0.355 e. The summed E-state index contributed by atoms with van der Waals surface area (Å²) in [4.78, 5) is 11.7. The van der Waals surface area contributed by atoms with Crippen molar-refractivity contribution in [2.75, 3.05) is 19.6 Å². The van der Waals surface area contributed by atoms with Crippen molar-refractivity contribution >= 4 is 5.91 Å². The third-order valence-electron chi connectivity index (χ3n) is 3.14. The third-order valence-corrected chi connectivity index (χ3v) is 3.14. The van der Waals surface area contributed by atoms with Gasteiger partial charge in [-0.2, -0.15) is 0 Å². The van der Waals surface area contributed by atoms with Crippen LogP contribution >= 0.6 is 0 Å². The average Bonchev–Trinajstić information content (AvgIpc) is 2.85. The number of benzene rings is 1. The molecule has 1 aromatic rings. The number of carbonyl (C=O) groups excluding carboxylic acids is 1. The maximum atomic E-state index is 13.3. The summed E-state index contributed by atoms with van der Waals surface area (Å²) in [5, 5.41) is 5.89. The predicted molar refractivity (Wildman–Crippen MR) is 64.0 cm³/mol. The first kappa shape index (κ1) is 13.0. The van der Waals surface area contributed by atoms with Crippen molar-refractivity contribution in [3.8, 4) is 0 Å². The number of hydrogen-bond acceptors (Lipinski definition) is 2. The molecule has 1 amide bonds. The second kappa shape index (κ2) is 5.91. The Morgan fingerprint density at radius 2 is 2.28 bits per heavy atom. The van der Waals surface area contributed by atoms with Crippen LogP contribution in [0.5, 0.6) is 0 Å². The van der Waals surface area contributed by atoms with Crippen molar-refractivity contribution in [1.82, 2.24) is 10.6 Å². The van der Waals surface area contributed by atoms with E-state index < -0.39 is 11.6 Å². The van der Waals surface area contributed by atoms with Gasteiger partial charge in [-0.1, -0.05) is 6.07 Å². The lowest BCUT2D eigenvalue weighted by atomic mass is 10.1. The molecule has 2 N–H and O–H groups in total. The second-order valence-corrected chi connectivity index (χ2v) is 4.47. The standard InChI is InChI=1S/C13H16F2N2O/c14-11-2-1-9(12(15)7-11)4-6-17-13(18)10-3-5-16-8-10/h1-2,7,10,16H,3-6,8H2,(H,17,18). The molecule has 1 fully saturated rings. The zero-order valence-electron chi connectivity index (χ0n) is 10.0. The predicted octanol–water partition coefficient (Wildman–Crippen LogP) is 1.23. The van der Waals surface area contributed by atoms with E-state index in [9.17, 15) is 13.6 Å². The Balaban J connectivity index is 1.79. The fraction of sp³-hybridized carbons (Fsp3) is 0.462. The van der Waals surface area contributed by atoms with Crippen molar-refractivity contribution in [1.29, 1.82) is 0 Å². The number of amides is 1. The highest BCUT2D eigenvalue weighted by molar-refractivity contribution is 5.79. The molecule has 1 unspecified atom stereocenters. The fourth-order valence-corrected chi connectivity index (χ4v) is 2.07. The van der Waals surface area contributed by atoms with Crippen LogP contribution in [0.15, 0.2) is 18.2 Å². The van der Waals surface area contributed by atoms with Crippen LogP contribution in [0.1, 0.15) is 12.0 Å². The highest BCUT2D eigenvalue weighted by Crippen LogP contribution is 2.10. The van der Waals surface area contributed by atoms with Gasteiger partial charge in [0.2, 0.25) is 5.91 Å². The first-order chi connectivity index (χ1) is 8.66. The van der Waals surface area contributed by atoms with E-state index >= 15 is 0 Å². The van der Waals surface area contributed by atoms with E-state index in [2.05, 4.69) is 10.6 Å². The number of halogens is 2. The number of carbonyl (C=O) groups is 1. The van der Waals surface area contributed by atoms with Crippen LogP contribution in [0.3, 0.4) is 0 Å². The van der Waals surface area contributed by atoms with Crippen LogP contribution in [0.2, 0.25) is 0 Å². The summed E-state index contributed by atoms with van der Waals surface area (Å²) >= 11 is 0. The topological polar surface area (TPSA) is 41.1 Å². The summed E-state index contributed by atoms with van der Waals surface area (Å²) in [6.07, 6.45) is 1.22. The molecule has 1 aromatic carbocycles. The summed E-state index contributed by atoms with van der Waals surface area (Å²) in [7, 11) is 0. The number of nitrogens with one attached hydrogen (secondary N) is 2. The normalized spacial score (nSPS) is 18.9. The van der Waals surface area contributed by atoms with Crippen molar-refractivity contribution in [2.45, 2.75) is 12.8 Å². The van der Waals surface area contributed by atoms with Crippen LogP contribution in [-0.4, -0.2) is 25.5 Å². The molecule has 3 nitrogen and oxygen atoms in total. The third kappa shape index (κ3) is 3.26. The molecule has 98 valence electrons. The van der Waals surface area contributed by atoms with Gasteiger partial charge in [-0.3, -0.25) is 4.79 Å². The van der Waals surface area contributed by atoms with Gasteiger partial charge in [0, 0.05) is 19.2 Å². The van der Waals surface area contributed by atoms with Crippen LogP contribution in [0, 0.1) is 17.6 Å². The summed E-state index contributed by atoms with van der Waals surface area (Å²) in [6.45, 7) is 1.94. The van der Waals surface area contributed by atoms with Gasteiger partial charge in [0.1, 0.15) is 11.6 Å². The molecule has 18 heavy (non-hydrogen) atoms. The summed E-state index contributed by atoms with van der Waals surface area (Å²) < 4.78 is 26.0. The SMILES string of the molecule is O=C(NCCc1ccc(F)cc1F)C1CCNC1. The first-order valence-electron chi connectivity index (χ1n) is 6.09. The van der Waals surface area contributed by atoms with Crippen molar-refractivity contribution < 1.29 is 13.6 Å². The first-order valence-corrected chi connectivity index (χ1v) is 6.09. The van der Waals surface area contributed by atoms with E-state index in [1.54, 1.807) is 0 Å². The molecule has 0 aromatic heterocycles. The molecule has 0 saturated carbocycles. The zero-order valence-corrected chi connectivity index (χ0v) is 10.0. The zero-order chi connectivity index (χ0) is 13.0. The lowest BCUT2D eigenvalue weighted by Gasteiger charge is -2.10. The molecule has 1 aliphatic heterocycles. The van der Waals surface area contributed by atoms with Gasteiger partial charge in [-0.15, -0.1) is 0 Å². The smallest absolute Gasteiger partial charge is 0.224 e. The minimum Gasteiger partial charge on any atom is -0.355 e. The molecular weight excluding hydrogens is 238 g/mol. The molecule has 2 rings (SSSR count). The molecule has 0 aliphatic carbocycles. The van der Waals surface area contributed by atoms with Gasteiger partial charge in [0.05, 0.1) is 5.92 Å². The van der Waals surface area contributed by atoms with Crippen LogP contribution in [0.25, 0.3) is 0 Å². The molecule has 0 spiro atoms. The number of rotatable bonds is 4. The van der Waals surface area contributed by atoms with Gasteiger partial charge < -0.3 is 10.6 Å². The van der Waals surface area contributed by atoms with Gasteiger partial charge in [0.25, 0.3) is 0 Å². The Morgan fingerprint density at radius 1 is 1.44 bits per heavy atom. The van der Waals surface area contributed by atoms with E-state index in [-0.39, 0.29) is 11.8 Å². The Morgan fingerprint density at radius 3 is 2.94 bits per heavy atom. The molecule has 1 saturated heterocycles. The summed E-state index contributed by atoms with van der Waals surface area (Å²) in [6, 6.07) is 3.49. The van der Waals surface area contributed by atoms with E-state index in [0.717, 1.165) is 19.0 Å². The Bertz CT molecular complexity index is 431. The van der Waals surface area contributed by atoms with Crippen molar-refractivity contribution in [3.05, 3.63) is 35.4 Å². The molecule has 5 heteroatoms. The molecular formula is C13H16F2N2O. The molecule has 0 bridgehead atoms. The van der Waals surface area contributed by atoms with Gasteiger partial charge in [-0.25, -0.2) is 8.78 Å². The molecule has 1 aliphatic rings. The van der Waals surface area contributed by atoms with E-state index in [0.29, 0.717) is 25.1 Å². The quantitative estimate of drug-likeness (QED) is 0.848. The minimum absolute atomic E-state index is 0.00233. The molecule has 1 atom stereocenters. The van der Waals surface area contributed by atoms with Crippen molar-refractivity contribution in [2.24, 2.45) is 5.92 Å². The summed E-state index contributed by atoms with van der Waals surface area (Å²) in [5.41, 5.74) is 0.418. The maximum Gasteiger partial charge on any atom is 0.224 e. The maximum absolute atomic E-state index is 13.3. The number of hydrogen-bond donors (Lipinski definition) is 2. The van der Waals surface area contributed by atoms with Gasteiger partial charge in [-0.05, 0) is 31.0 Å². The monoisotopic (exact) mass is 254 g/mol. The second-order valence-electron chi connectivity index (χ2n) is 4.47. The lowest BCUT2D eigenvalue weighted by Crippen LogP contribution is -2.33. The van der Waals surface area contributed by atoms with Crippen LogP contribution in [-0.2, 0) is 11.2 Å². The average molecular weight is 254 g/mol. The van der Waals surface area contributed by atoms with Gasteiger partial charge in [0.15, 0.2) is 0 Å². The van der Waals surface area contributed by atoms with E-state index in [4.69, 9.17) is 0 Å². The minimum atomic E-state index is -0.586. The van der Waals surface area contributed by atoms with E-state index in [1.807, 2.05) is 0 Å². The van der Waals surface area contributed by atoms with E-state index in [1.165, 1.54) is 12.1 Å². The fourth-order valence-electron chi connectivity index (χ4n) is 2.07. The highest BCUT2D eigenvalue weighted by Gasteiger charge is 2.21. The highest BCUT2D eigenvalue weighted by atomic mass is 19.1.